The SMILES string of the molecule is Cc1cc2cc(c1F)[C@H](CC(=O)O)NC(=O)[C@@H](n1cc(CCN3CC(F)C3)c(C(F)(F)F)cc1=O)c1cc(ccc1F)Oc1nn(CC3CC3)cc1-2. The molecule has 1 aliphatic carbocycles. The van der Waals surface area contributed by atoms with Crippen LogP contribution in [-0.2, 0) is 28.7 Å². The van der Waals surface area contributed by atoms with Gasteiger partial charge in [-0.1, -0.05) is 0 Å². The topological polar surface area (TPSA) is 119 Å². The predicted molar refractivity (Wildman–Crippen MR) is 174 cm³/mol. The minimum absolute atomic E-state index is 0.00162. The van der Waals surface area contributed by atoms with Gasteiger partial charge in [0.15, 0.2) is 0 Å². The highest BCUT2D eigenvalue weighted by atomic mass is 19.4. The van der Waals surface area contributed by atoms with Crippen LogP contribution < -0.4 is 15.6 Å². The molecule has 1 amide bonds. The molecular weight excluding hydrogens is 696 g/mol. The number of alkyl halides is 4. The first-order valence-corrected chi connectivity index (χ1v) is 16.7. The van der Waals surface area contributed by atoms with E-state index in [4.69, 9.17) is 4.74 Å². The summed E-state index contributed by atoms with van der Waals surface area (Å²) in [5.41, 5.74) is -2.86. The Balaban J connectivity index is 1.41. The van der Waals surface area contributed by atoms with E-state index in [1.165, 1.54) is 25.1 Å². The number of carbonyl (C=O) groups is 2. The van der Waals surface area contributed by atoms with Crippen molar-refractivity contribution in [1.82, 2.24) is 24.6 Å². The van der Waals surface area contributed by atoms with Crippen LogP contribution in [0.5, 0.6) is 11.6 Å². The molecule has 274 valence electrons. The molecule has 2 atom stereocenters. The predicted octanol–water partition coefficient (Wildman–Crippen LogP) is 5.95. The Morgan fingerprint density at radius 1 is 1.06 bits per heavy atom. The number of hydrogen-bond acceptors (Lipinski definition) is 6. The Bertz CT molecular complexity index is 2120. The number of nitrogens with zero attached hydrogens (tertiary/aromatic N) is 4. The highest BCUT2D eigenvalue weighted by Gasteiger charge is 2.38. The lowest BCUT2D eigenvalue weighted by atomic mass is 9.94. The Labute approximate surface area is 292 Å². The minimum Gasteiger partial charge on any atom is -0.481 e. The summed E-state index contributed by atoms with van der Waals surface area (Å²) in [5.74, 6) is -4.12. The lowest BCUT2D eigenvalue weighted by molar-refractivity contribution is -0.139. The fourth-order valence-electron chi connectivity index (χ4n) is 6.75. The monoisotopic (exact) mass is 729 g/mol. The first kappa shape index (κ1) is 35.3. The summed E-state index contributed by atoms with van der Waals surface area (Å²) in [6.45, 7) is 2.05. The molecule has 2 aromatic heterocycles. The van der Waals surface area contributed by atoms with Crippen LogP contribution in [0.1, 0.15) is 59.2 Å². The van der Waals surface area contributed by atoms with Crippen molar-refractivity contribution < 1.29 is 45.8 Å². The number of carboxylic acid groups (broad SMARTS) is 1. The number of fused-ring (bicyclic) bond motifs is 6. The van der Waals surface area contributed by atoms with Crippen molar-refractivity contribution in [1.29, 1.82) is 0 Å². The zero-order valence-electron chi connectivity index (χ0n) is 27.7. The smallest absolute Gasteiger partial charge is 0.416 e. The molecule has 1 saturated heterocycles. The average Bonchev–Trinajstić information content (AvgIpc) is 3.78. The van der Waals surface area contributed by atoms with E-state index >= 15 is 8.78 Å². The second kappa shape index (κ2) is 13.5. The van der Waals surface area contributed by atoms with Gasteiger partial charge in [0.2, 0.25) is 11.8 Å². The van der Waals surface area contributed by atoms with E-state index in [2.05, 4.69) is 10.4 Å². The molecule has 1 saturated carbocycles. The Kier molecular flexibility index (Phi) is 9.13. The molecule has 2 aromatic carbocycles. The van der Waals surface area contributed by atoms with Gasteiger partial charge < -0.3 is 15.2 Å². The number of hydrogen-bond donors (Lipinski definition) is 2. The maximum Gasteiger partial charge on any atom is 0.416 e. The van der Waals surface area contributed by atoms with Crippen molar-refractivity contribution in [2.75, 3.05) is 19.6 Å². The lowest BCUT2D eigenvalue weighted by Crippen LogP contribution is -2.49. The zero-order valence-corrected chi connectivity index (χ0v) is 27.7. The molecule has 2 aliphatic heterocycles. The first-order valence-electron chi connectivity index (χ1n) is 16.7. The summed E-state index contributed by atoms with van der Waals surface area (Å²) in [6, 6.07) is 2.89. The number of carbonyl (C=O) groups excluding carboxylic acids is 1. The summed E-state index contributed by atoms with van der Waals surface area (Å²) < 4.78 is 96.3. The quantitative estimate of drug-likeness (QED) is 0.215. The largest absolute Gasteiger partial charge is 0.481 e. The molecule has 4 heterocycles. The normalized spacial score (nSPS) is 19.4. The Morgan fingerprint density at radius 3 is 2.48 bits per heavy atom. The number of aliphatic carboxylic acids is 1. The van der Waals surface area contributed by atoms with Crippen molar-refractivity contribution in [2.24, 2.45) is 5.92 Å². The molecule has 16 heteroatoms. The number of aromatic nitrogens is 3. The number of carboxylic acids is 1. The number of aryl methyl sites for hydroxylation is 1. The zero-order chi connectivity index (χ0) is 37.1. The third kappa shape index (κ3) is 7.16. The second-order valence-electron chi connectivity index (χ2n) is 13.6. The maximum absolute atomic E-state index is 15.9. The van der Waals surface area contributed by atoms with Gasteiger partial charge in [0, 0.05) is 55.8 Å². The van der Waals surface area contributed by atoms with Crippen molar-refractivity contribution >= 4 is 11.9 Å². The van der Waals surface area contributed by atoms with Crippen LogP contribution in [0, 0.1) is 24.5 Å². The highest BCUT2D eigenvalue weighted by Crippen LogP contribution is 2.40. The van der Waals surface area contributed by atoms with E-state index in [1.54, 1.807) is 15.8 Å². The van der Waals surface area contributed by atoms with Gasteiger partial charge in [-0.05, 0) is 79.1 Å². The van der Waals surface area contributed by atoms with Gasteiger partial charge in [-0.25, -0.2) is 13.2 Å². The number of amides is 1. The molecule has 10 nitrogen and oxygen atoms in total. The van der Waals surface area contributed by atoms with Gasteiger partial charge in [0.25, 0.3) is 5.56 Å². The summed E-state index contributed by atoms with van der Waals surface area (Å²) in [5, 5.41) is 16.9. The summed E-state index contributed by atoms with van der Waals surface area (Å²) in [6.07, 6.45) is -2.73. The first-order chi connectivity index (χ1) is 24.6. The number of rotatable bonds is 8. The third-order valence-electron chi connectivity index (χ3n) is 9.62. The summed E-state index contributed by atoms with van der Waals surface area (Å²) >= 11 is 0. The molecular formula is C36H33F6N5O5. The molecule has 52 heavy (non-hydrogen) atoms. The van der Waals surface area contributed by atoms with Gasteiger partial charge >= 0.3 is 12.1 Å². The second-order valence-corrected chi connectivity index (χ2v) is 13.6. The fraction of sp³-hybridized carbons (Fsp3) is 0.389. The molecule has 0 spiro atoms. The Hall–Kier alpha value is -5.12. The molecule has 3 aliphatic rings. The van der Waals surface area contributed by atoms with Crippen LogP contribution in [0.25, 0.3) is 11.1 Å². The summed E-state index contributed by atoms with van der Waals surface area (Å²) in [7, 11) is 0. The van der Waals surface area contributed by atoms with Crippen LogP contribution in [0.2, 0.25) is 0 Å². The molecule has 2 fully saturated rings. The molecule has 0 radical (unpaired) electrons. The van der Waals surface area contributed by atoms with Crippen LogP contribution >= 0.6 is 0 Å². The summed E-state index contributed by atoms with van der Waals surface area (Å²) in [4.78, 5) is 41.5. The van der Waals surface area contributed by atoms with E-state index in [1.807, 2.05) is 0 Å². The van der Waals surface area contributed by atoms with E-state index in [0.717, 1.165) is 31.2 Å². The molecule has 4 aromatic rings. The number of nitrogens with one attached hydrogen (secondary N) is 1. The number of pyridine rings is 1. The standard InChI is InChI=1S/C36H33F6N5O5/c1-18-8-21-9-25(32(18)39)29(12-31(49)50)43-34(51)33(47-14-20(6-7-45-15-22(37)16-45)27(11-30(47)48)36(40,41)42)24-10-23(4-5-28(24)38)52-35-26(21)17-46(44-35)13-19-2-3-19/h4-5,8-11,14,17,19,22,29,33H,2-3,6-7,12-13,15-16H2,1H3,(H,43,51)(H,49,50)/t29-,33-/m0/s1. The van der Waals surface area contributed by atoms with E-state index in [0.29, 0.717) is 34.2 Å². The van der Waals surface area contributed by atoms with E-state index in [-0.39, 0.29) is 48.8 Å². The highest BCUT2D eigenvalue weighted by molar-refractivity contribution is 5.85. The van der Waals surface area contributed by atoms with Crippen molar-refractivity contribution in [3.63, 3.8) is 0 Å². The van der Waals surface area contributed by atoms with Gasteiger partial charge in [0.05, 0.1) is 23.6 Å². The van der Waals surface area contributed by atoms with E-state index in [9.17, 15) is 37.1 Å². The Morgan fingerprint density at radius 2 is 1.81 bits per heavy atom. The van der Waals surface area contributed by atoms with Crippen molar-refractivity contribution in [2.45, 2.75) is 63.6 Å². The van der Waals surface area contributed by atoms with Gasteiger partial charge in [-0.15, -0.1) is 5.10 Å². The van der Waals surface area contributed by atoms with Crippen LogP contribution in [0.4, 0.5) is 26.3 Å². The number of likely N-dealkylation sites (tertiary alicyclic amines) is 1. The van der Waals surface area contributed by atoms with Gasteiger partial charge in [0.1, 0.15) is 29.6 Å². The van der Waals surface area contributed by atoms with Gasteiger partial charge in [-0.3, -0.25) is 28.5 Å². The van der Waals surface area contributed by atoms with Crippen molar-refractivity contribution in [3.05, 3.63) is 98.6 Å². The number of halogens is 6. The number of ether oxygens (including phenoxy) is 1. The van der Waals surface area contributed by atoms with E-state index < -0.39 is 76.6 Å². The molecule has 0 unspecified atom stereocenters. The fourth-order valence-corrected chi connectivity index (χ4v) is 6.75. The van der Waals surface area contributed by atoms with Crippen LogP contribution in [0.3, 0.4) is 0 Å². The molecule has 7 rings (SSSR count). The average molecular weight is 730 g/mol. The molecule has 2 N–H and O–H groups in total. The maximum atomic E-state index is 15.9. The lowest BCUT2D eigenvalue weighted by Gasteiger charge is -2.34. The van der Waals surface area contributed by atoms with Crippen molar-refractivity contribution in [3.8, 4) is 22.8 Å². The minimum atomic E-state index is -4.98. The molecule has 4 bridgehead atoms. The van der Waals surface area contributed by atoms with Crippen LogP contribution in [0.15, 0.2) is 53.6 Å². The van der Waals surface area contributed by atoms with Gasteiger partial charge in [-0.2, -0.15) is 13.2 Å². The van der Waals surface area contributed by atoms with Crippen LogP contribution in [-0.4, -0.2) is 62.0 Å². The number of benzene rings is 2. The third-order valence-corrected chi connectivity index (χ3v) is 9.62.